The first-order valence-corrected chi connectivity index (χ1v) is 6.33. The highest BCUT2D eigenvalue weighted by Gasteiger charge is 2.25. The summed E-state index contributed by atoms with van der Waals surface area (Å²) < 4.78 is 27.0. The van der Waals surface area contributed by atoms with Gasteiger partial charge in [0, 0.05) is 23.3 Å². The fourth-order valence-electron chi connectivity index (χ4n) is 2.61. The van der Waals surface area contributed by atoms with E-state index in [-0.39, 0.29) is 11.6 Å². The van der Waals surface area contributed by atoms with Crippen molar-refractivity contribution in [1.82, 2.24) is 4.98 Å². The minimum atomic E-state index is -0.675. The van der Waals surface area contributed by atoms with Gasteiger partial charge < -0.3 is 10.4 Å². The number of anilines is 1. The number of halogens is 2. The van der Waals surface area contributed by atoms with E-state index in [1.165, 1.54) is 12.3 Å². The molecular weight excluding hydrogens is 250 g/mol. The van der Waals surface area contributed by atoms with Crippen molar-refractivity contribution in [2.24, 2.45) is 0 Å². The van der Waals surface area contributed by atoms with Gasteiger partial charge in [-0.25, -0.2) is 8.78 Å². The lowest BCUT2D eigenvalue weighted by molar-refractivity contribution is 0.172. The van der Waals surface area contributed by atoms with Gasteiger partial charge >= 0.3 is 0 Å². The third kappa shape index (κ3) is 2.26. The summed E-state index contributed by atoms with van der Waals surface area (Å²) >= 11 is 0. The van der Waals surface area contributed by atoms with E-state index in [0.29, 0.717) is 11.1 Å². The van der Waals surface area contributed by atoms with Crippen LogP contribution in [0.2, 0.25) is 0 Å². The molecule has 19 heavy (non-hydrogen) atoms. The normalized spacial score (nSPS) is 22.9. The molecule has 0 spiro atoms. The third-order valence-electron chi connectivity index (χ3n) is 3.58. The van der Waals surface area contributed by atoms with Crippen LogP contribution in [0.1, 0.15) is 19.3 Å². The van der Waals surface area contributed by atoms with Crippen LogP contribution in [-0.4, -0.2) is 22.2 Å². The van der Waals surface area contributed by atoms with Crippen molar-refractivity contribution in [2.45, 2.75) is 31.4 Å². The molecule has 100 valence electrons. The summed E-state index contributed by atoms with van der Waals surface area (Å²) in [5.41, 5.74) is 0.744. The summed E-state index contributed by atoms with van der Waals surface area (Å²) in [6, 6.07) is 3.68. The van der Waals surface area contributed by atoms with Crippen LogP contribution in [0.5, 0.6) is 0 Å². The monoisotopic (exact) mass is 264 g/mol. The lowest BCUT2D eigenvalue weighted by Crippen LogP contribution is -2.28. The van der Waals surface area contributed by atoms with Crippen LogP contribution >= 0.6 is 0 Å². The number of hydrogen-bond acceptors (Lipinski definition) is 3. The Kier molecular flexibility index (Phi) is 3.06. The zero-order valence-electron chi connectivity index (χ0n) is 10.2. The average molecular weight is 264 g/mol. The molecular formula is C14H14F2N2O. The summed E-state index contributed by atoms with van der Waals surface area (Å²) in [4.78, 5) is 3.93. The lowest BCUT2D eigenvalue weighted by Gasteiger charge is -2.19. The van der Waals surface area contributed by atoms with Crippen molar-refractivity contribution in [1.29, 1.82) is 0 Å². The van der Waals surface area contributed by atoms with Gasteiger partial charge in [0.05, 0.1) is 12.1 Å². The van der Waals surface area contributed by atoms with E-state index in [4.69, 9.17) is 0 Å². The molecule has 0 unspecified atom stereocenters. The van der Waals surface area contributed by atoms with Gasteiger partial charge in [0.2, 0.25) is 0 Å². The minimum Gasteiger partial charge on any atom is -0.391 e. The Morgan fingerprint density at radius 1 is 1.26 bits per heavy atom. The highest BCUT2D eigenvalue weighted by Crippen LogP contribution is 2.28. The fourth-order valence-corrected chi connectivity index (χ4v) is 2.61. The summed E-state index contributed by atoms with van der Waals surface area (Å²) in [5.74, 6) is -1.31. The molecule has 1 aliphatic carbocycles. The molecule has 1 saturated carbocycles. The van der Waals surface area contributed by atoms with Gasteiger partial charge in [0.15, 0.2) is 5.82 Å². The van der Waals surface area contributed by atoms with Crippen LogP contribution < -0.4 is 5.32 Å². The van der Waals surface area contributed by atoms with Crippen LogP contribution in [0.15, 0.2) is 24.4 Å². The number of aliphatic hydroxyl groups is 1. The topological polar surface area (TPSA) is 45.1 Å². The number of pyridine rings is 1. The van der Waals surface area contributed by atoms with Crippen molar-refractivity contribution in [3.63, 3.8) is 0 Å². The molecule has 1 aromatic heterocycles. The number of rotatable bonds is 2. The Bertz CT molecular complexity index is 618. The molecule has 1 fully saturated rings. The third-order valence-corrected chi connectivity index (χ3v) is 3.58. The molecule has 0 bridgehead atoms. The van der Waals surface area contributed by atoms with Gasteiger partial charge in [-0.3, -0.25) is 4.98 Å². The second-order valence-electron chi connectivity index (χ2n) is 4.89. The number of benzene rings is 1. The van der Waals surface area contributed by atoms with Gasteiger partial charge in [-0.05, 0) is 31.4 Å². The first kappa shape index (κ1) is 12.3. The smallest absolute Gasteiger partial charge is 0.152 e. The highest BCUT2D eigenvalue weighted by atomic mass is 19.1. The Morgan fingerprint density at radius 3 is 2.84 bits per heavy atom. The second-order valence-corrected chi connectivity index (χ2v) is 4.89. The van der Waals surface area contributed by atoms with Crippen LogP contribution in [-0.2, 0) is 0 Å². The Balaban J connectivity index is 2.03. The Hall–Kier alpha value is -1.75. The molecule has 2 atom stereocenters. The standard InChI is InChI=1S/C14H14F2N2O/c15-8-6-9-11(18-12-2-1-3-13(12)19)4-5-17-14(9)10(16)7-8/h4-7,12-13,19H,1-3H2,(H,17,18)/t12-,13-/m0/s1. The van der Waals surface area contributed by atoms with E-state index in [1.54, 1.807) is 6.07 Å². The number of aromatic nitrogens is 1. The van der Waals surface area contributed by atoms with Gasteiger partial charge in [-0.15, -0.1) is 0 Å². The predicted molar refractivity (Wildman–Crippen MR) is 68.9 cm³/mol. The summed E-state index contributed by atoms with van der Waals surface area (Å²) in [6.45, 7) is 0. The number of nitrogens with one attached hydrogen (secondary N) is 1. The molecule has 1 heterocycles. The molecule has 0 saturated heterocycles. The first-order valence-electron chi connectivity index (χ1n) is 6.33. The molecule has 2 aromatic rings. The molecule has 0 amide bonds. The van der Waals surface area contributed by atoms with E-state index in [1.807, 2.05) is 0 Å². The molecule has 1 aliphatic rings. The van der Waals surface area contributed by atoms with Gasteiger partial charge in [0.1, 0.15) is 11.3 Å². The van der Waals surface area contributed by atoms with E-state index < -0.39 is 17.7 Å². The van der Waals surface area contributed by atoms with E-state index in [9.17, 15) is 13.9 Å². The first-order chi connectivity index (χ1) is 9.15. The van der Waals surface area contributed by atoms with Crippen molar-refractivity contribution >= 4 is 16.6 Å². The average Bonchev–Trinajstić information content (AvgIpc) is 2.76. The zero-order chi connectivity index (χ0) is 13.4. The maximum Gasteiger partial charge on any atom is 0.152 e. The zero-order valence-corrected chi connectivity index (χ0v) is 10.2. The van der Waals surface area contributed by atoms with Crippen molar-refractivity contribution in [3.05, 3.63) is 36.0 Å². The Labute approximate surface area is 109 Å². The van der Waals surface area contributed by atoms with Gasteiger partial charge in [-0.1, -0.05) is 0 Å². The molecule has 2 N–H and O–H groups in total. The fraction of sp³-hybridized carbons (Fsp3) is 0.357. The predicted octanol–water partition coefficient (Wildman–Crippen LogP) is 2.84. The molecule has 0 radical (unpaired) electrons. The van der Waals surface area contributed by atoms with E-state index in [0.717, 1.165) is 25.3 Å². The van der Waals surface area contributed by atoms with E-state index in [2.05, 4.69) is 10.3 Å². The number of hydrogen-bond donors (Lipinski definition) is 2. The quantitative estimate of drug-likeness (QED) is 0.876. The van der Waals surface area contributed by atoms with Crippen molar-refractivity contribution < 1.29 is 13.9 Å². The summed E-state index contributed by atoms with van der Waals surface area (Å²) in [5, 5.41) is 13.4. The van der Waals surface area contributed by atoms with Crippen molar-refractivity contribution in [2.75, 3.05) is 5.32 Å². The molecule has 1 aromatic carbocycles. The summed E-state index contributed by atoms with van der Waals surface area (Å²) in [6.07, 6.45) is 3.62. The largest absolute Gasteiger partial charge is 0.391 e. The molecule has 0 aliphatic heterocycles. The van der Waals surface area contributed by atoms with Gasteiger partial charge in [0.25, 0.3) is 0 Å². The Morgan fingerprint density at radius 2 is 2.11 bits per heavy atom. The number of fused-ring (bicyclic) bond motifs is 1. The van der Waals surface area contributed by atoms with Crippen LogP contribution in [0.4, 0.5) is 14.5 Å². The molecule has 5 heteroatoms. The van der Waals surface area contributed by atoms with Crippen molar-refractivity contribution in [3.8, 4) is 0 Å². The van der Waals surface area contributed by atoms with E-state index >= 15 is 0 Å². The van der Waals surface area contributed by atoms with Gasteiger partial charge in [-0.2, -0.15) is 0 Å². The summed E-state index contributed by atoms with van der Waals surface area (Å²) in [7, 11) is 0. The number of aliphatic hydroxyl groups excluding tert-OH is 1. The number of nitrogens with zero attached hydrogens (tertiary/aromatic N) is 1. The maximum absolute atomic E-state index is 13.6. The molecule has 3 nitrogen and oxygen atoms in total. The van der Waals surface area contributed by atoms with Crippen LogP contribution in [0.25, 0.3) is 10.9 Å². The lowest BCUT2D eigenvalue weighted by atomic mass is 10.1. The van der Waals surface area contributed by atoms with Crippen LogP contribution in [0, 0.1) is 11.6 Å². The molecule has 3 rings (SSSR count). The van der Waals surface area contributed by atoms with Crippen LogP contribution in [0.3, 0.4) is 0 Å². The minimum absolute atomic E-state index is 0.0723. The highest BCUT2D eigenvalue weighted by molar-refractivity contribution is 5.91. The maximum atomic E-state index is 13.6. The second kappa shape index (κ2) is 4.74. The SMILES string of the molecule is O[C@H]1CCC[C@@H]1Nc1ccnc2c(F)cc(F)cc12.